The van der Waals surface area contributed by atoms with Crippen LogP contribution in [0, 0.1) is 0 Å². The predicted octanol–water partition coefficient (Wildman–Crippen LogP) is 1.18. The van der Waals surface area contributed by atoms with E-state index in [2.05, 4.69) is 16.0 Å². The van der Waals surface area contributed by atoms with Crippen LogP contribution in [0.15, 0.2) is 24.3 Å². The zero-order chi connectivity index (χ0) is 15.1. The van der Waals surface area contributed by atoms with Gasteiger partial charge in [-0.05, 0) is 31.2 Å². The van der Waals surface area contributed by atoms with Crippen molar-refractivity contribution in [3.8, 4) is 0 Å². The van der Waals surface area contributed by atoms with Crippen molar-refractivity contribution in [2.75, 3.05) is 37.0 Å². The first-order valence-corrected chi connectivity index (χ1v) is 6.85. The zero-order valence-corrected chi connectivity index (χ0v) is 11.8. The molecule has 0 saturated carbocycles. The minimum absolute atomic E-state index is 0.138. The normalized spacial score (nSPS) is 17.9. The smallest absolute Gasteiger partial charge is 0.411 e. The second-order valence-corrected chi connectivity index (χ2v) is 4.49. The van der Waals surface area contributed by atoms with Crippen LogP contribution in [-0.2, 0) is 14.3 Å². The van der Waals surface area contributed by atoms with Gasteiger partial charge in [-0.2, -0.15) is 0 Å². The monoisotopic (exact) mass is 293 g/mol. The highest BCUT2D eigenvalue weighted by Crippen LogP contribution is 2.14. The van der Waals surface area contributed by atoms with Crippen LogP contribution in [0.4, 0.5) is 16.2 Å². The first-order chi connectivity index (χ1) is 10.2. The van der Waals surface area contributed by atoms with Crippen molar-refractivity contribution in [3.05, 3.63) is 24.3 Å². The lowest BCUT2D eigenvalue weighted by atomic mass is 10.2. The Bertz CT molecular complexity index is 483. The fourth-order valence-electron chi connectivity index (χ4n) is 1.89. The van der Waals surface area contributed by atoms with E-state index in [1.807, 2.05) is 0 Å². The van der Waals surface area contributed by atoms with Crippen LogP contribution in [0.1, 0.15) is 6.92 Å². The summed E-state index contributed by atoms with van der Waals surface area (Å²) in [5.41, 5.74) is 1.26. The van der Waals surface area contributed by atoms with E-state index in [4.69, 9.17) is 9.47 Å². The van der Waals surface area contributed by atoms with Gasteiger partial charge in [-0.1, -0.05) is 0 Å². The first kappa shape index (κ1) is 15.3. The number of hydrogen-bond donors (Lipinski definition) is 3. The molecule has 1 heterocycles. The number of benzene rings is 1. The Labute approximate surface area is 123 Å². The molecule has 1 aliphatic heterocycles. The maximum absolute atomic E-state index is 12.0. The summed E-state index contributed by atoms with van der Waals surface area (Å²) in [7, 11) is 0. The van der Waals surface area contributed by atoms with Crippen LogP contribution in [0.2, 0.25) is 0 Å². The van der Waals surface area contributed by atoms with Gasteiger partial charge in [0.15, 0.2) is 0 Å². The summed E-state index contributed by atoms with van der Waals surface area (Å²) in [5.74, 6) is -0.138. The van der Waals surface area contributed by atoms with Gasteiger partial charge in [-0.15, -0.1) is 0 Å². The van der Waals surface area contributed by atoms with E-state index in [9.17, 15) is 9.59 Å². The zero-order valence-electron chi connectivity index (χ0n) is 11.8. The molecule has 21 heavy (non-hydrogen) atoms. The minimum atomic E-state index is -0.502. The molecule has 1 aromatic rings. The van der Waals surface area contributed by atoms with Crippen LogP contribution in [0.5, 0.6) is 0 Å². The minimum Gasteiger partial charge on any atom is -0.450 e. The van der Waals surface area contributed by atoms with Crippen LogP contribution in [-0.4, -0.2) is 44.4 Å². The molecule has 1 saturated heterocycles. The SMILES string of the molecule is CCOC(=O)Nc1ccc(NC(=O)C2COCCN2)cc1. The van der Waals surface area contributed by atoms with Gasteiger partial charge in [0.05, 0.1) is 19.8 Å². The molecule has 1 unspecified atom stereocenters. The van der Waals surface area contributed by atoms with Crippen LogP contribution in [0.25, 0.3) is 0 Å². The Hall–Kier alpha value is -2.12. The largest absolute Gasteiger partial charge is 0.450 e. The second-order valence-electron chi connectivity index (χ2n) is 4.49. The van der Waals surface area contributed by atoms with E-state index in [-0.39, 0.29) is 11.9 Å². The maximum Gasteiger partial charge on any atom is 0.411 e. The standard InChI is InChI=1S/C14H19N3O4/c1-2-21-14(19)17-11-5-3-10(4-6-11)16-13(18)12-9-20-8-7-15-12/h3-6,12,15H,2,7-9H2,1H3,(H,16,18)(H,17,19). The van der Waals surface area contributed by atoms with Gasteiger partial charge < -0.3 is 20.1 Å². The molecule has 2 rings (SSSR count). The van der Waals surface area contributed by atoms with Crippen molar-refractivity contribution in [2.24, 2.45) is 0 Å². The number of ether oxygens (including phenoxy) is 2. The summed E-state index contributed by atoms with van der Waals surface area (Å²) >= 11 is 0. The molecular formula is C14H19N3O4. The topological polar surface area (TPSA) is 88.7 Å². The molecular weight excluding hydrogens is 274 g/mol. The molecule has 0 spiro atoms. The van der Waals surface area contributed by atoms with E-state index in [0.717, 1.165) is 0 Å². The van der Waals surface area contributed by atoms with Crippen molar-refractivity contribution in [3.63, 3.8) is 0 Å². The van der Waals surface area contributed by atoms with Gasteiger partial charge in [-0.25, -0.2) is 4.79 Å². The van der Waals surface area contributed by atoms with Crippen molar-refractivity contribution in [1.29, 1.82) is 0 Å². The molecule has 0 bridgehead atoms. The Morgan fingerprint density at radius 3 is 2.52 bits per heavy atom. The highest BCUT2D eigenvalue weighted by atomic mass is 16.5. The van der Waals surface area contributed by atoms with Gasteiger partial charge in [0, 0.05) is 17.9 Å². The summed E-state index contributed by atoms with van der Waals surface area (Å²) in [6.07, 6.45) is -0.502. The predicted molar refractivity (Wildman–Crippen MR) is 78.3 cm³/mol. The highest BCUT2D eigenvalue weighted by molar-refractivity contribution is 5.95. The summed E-state index contributed by atoms with van der Waals surface area (Å²) in [4.78, 5) is 23.2. The second kappa shape index (κ2) is 7.61. The molecule has 114 valence electrons. The van der Waals surface area contributed by atoms with Crippen molar-refractivity contribution in [2.45, 2.75) is 13.0 Å². The van der Waals surface area contributed by atoms with E-state index in [1.165, 1.54) is 0 Å². The maximum atomic E-state index is 12.0. The molecule has 7 heteroatoms. The fraction of sp³-hybridized carbons (Fsp3) is 0.429. The number of amides is 2. The third-order valence-corrected chi connectivity index (χ3v) is 2.91. The number of anilines is 2. The molecule has 1 aliphatic rings. The Morgan fingerprint density at radius 1 is 1.29 bits per heavy atom. The molecule has 1 atom stereocenters. The summed E-state index contributed by atoms with van der Waals surface area (Å²) in [5, 5.41) is 8.45. The lowest BCUT2D eigenvalue weighted by molar-refractivity contribution is -0.120. The highest BCUT2D eigenvalue weighted by Gasteiger charge is 2.20. The molecule has 0 aromatic heterocycles. The molecule has 0 radical (unpaired) electrons. The number of carbonyl (C=O) groups is 2. The van der Waals surface area contributed by atoms with E-state index in [1.54, 1.807) is 31.2 Å². The number of hydrogen-bond acceptors (Lipinski definition) is 5. The van der Waals surface area contributed by atoms with Gasteiger partial charge in [0.1, 0.15) is 6.04 Å². The number of nitrogens with one attached hydrogen (secondary N) is 3. The van der Waals surface area contributed by atoms with Gasteiger partial charge in [-0.3, -0.25) is 10.1 Å². The molecule has 1 fully saturated rings. The van der Waals surface area contributed by atoms with Crippen molar-refractivity contribution >= 4 is 23.4 Å². The lowest BCUT2D eigenvalue weighted by Crippen LogP contribution is -2.48. The van der Waals surface area contributed by atoms with Gasteiger partial charge in [0.2, 0.25) is 5.91 Å². The molecule has 3 N–H and O–H groups in total. The summed E-state index contributed by atoms with van der Waals surface area (Å²) in [6.45, 7) is 3.71. The number of carbonyl (C=O) groups excluding carboxylic acids is 2. The Kier molecular flexibility index (Phi) is 5.53. The van der Waals surface area contributed by atoms with Gasteiger partial charge in [0.25, 0.3) is 0 Å². The summed E-state index contributed by atoms with van der Waals surface area (Å²) in [6, 6.07) is 6.47. The van der Waals surface area contributed by atoms with E-state index in [0.29, 0.717) is 37.7 Å². The van der Waals surface area contributed by atoms with Crippen molar-refractivity contribution < 1.29 is 19.1 Å². The Morgan fingerprint density at radius 2 is 1.95 bits per heavy atom. The fourth-order valence-corrected chi connectivity index (χ4v) is 1.89. The third kappa shape index (κ3) is 4.73. The van der Waals surface area contributed by atoms with Crippen LogP contribution in [0.3, 0.4) is 0 Å². The number of morpholine rings is 1. The summed E-state index contributed by atoms with van der Waals surface area (Å²) < 4.78 is 10.0. The van der Waals surface area contributed by atoms with Crippen molar-refractivity contribution in [1.82, 2.24) is 5.32 Å². The lowest BCUT2D eigenvalue weighted by Gasteiger charge is -2.22. The van der Waals surface area contributed by atoms with E-state index < -0.39 is 6.09 Å². The van der Waals surface area contributed by atoms with E-state index >= 15 is 0 Å². The molecule has 2 amide bonds. The molecule has 1 aromatic carbocycles. The molecule has 7 nitrogen and oxygen atoms in total. The van der Waals surface area contributed by atoms with Crippen LogP contribution < -0.4 is 16.0 Å². The van der Waals surface area contributed by atoms with Gasteiger partial charge >= 0.3 is 6.09 Å². The Balaban J connectivity index is 1.86. The average Bonchev–Trinajstić information content (AvgIpc) is 2.50. The average molecular weight is 293 g/mol. The number of rotatable bonds is 4. The molecule has 0 aliphatic carbocycles. The quantitative estimate of drug-likeness (QED) is 0.776. The van der Waals surface area contributed by atoms with Crippen LogP contribution >= 0.6 is 0 Å². The third-order valence-electron chi connectivity index (χ3n) is 2.91. The first-order valence-electron chi connectivity index (χ1n) is 6.85.